The van der Waals surface area contributed by atoms with Crippen LogP contribution in [0.25, 0.3) is 0 Å². The fourth-order valence-corrected chi connectivity index (χ4v) is 3.82. The smallest absolute Gasteiger partial charge is 0.249 e. The van der Waals surface area contributed by atoms with E-state index in [1.165, 1.54) is 11.3 Å². The second kappa shape index (κ2) is 6.55. The predicted molar refractivity (Wildman–Crippen MR) is 77.6 cm³/mol. The topological polar surface area (TPSA) is 93.0 Å². The van der Waals surface area contributed by atoms with Crippen molar-refractivity contribution in [1.29, 1.82) is 5.26 Å². The van der Waals surface area contributed by atoms with E-state index in [0.717, 1.165) is 42.2 Å². The molecule has 0 fully saturated rings. The molecule has 0 saturated heterocycles. The lowest BCUT2D eigenvalue weighted by Gasteiger charge is -2.20. The highest BCUT2D eigenvalue weighted by molar-refractivity contribution is 7.16. The molecule has 1 aliphatic carbocycles. The largest absolute Gasteiger partial charge is 0.545 e. The number of thiophene rings is 1. The Hall–Kier alpha value is -2.13. The Balaban J connectivity index is 2.22. The van der Waals surface area contributed by atoms with Crippen LogP contribution in [0.4, 0.5) is 5.00 Å². The van der Waals surface area contributed by atoms with E-state index in [-0.39, 0.29) is 0 Å². The Morgan fingerprint density at radius 1 is 1.52 bits per heavy atom. The fourth-order valence-electron chi connectivity index (χ4n) is 2.51. The maximum absolute atomic E-state index is 11.6. The Morgan fingerprint density at radius 2 is 2.29 bits per heavy atom. The van der Waals surface area contributed by atoms with Gasteiger partial charge in [0.05, 0.1) is 11.5 Å². The summed E-state index contributed by atoms with van der Waals surface area (Å²) in [7, 11) is 0. The van der Waals surface area contributed by atoms with Crippen molar-refractivity contribution in [3.05, 3.63) is 28.2 Å². The van der Waals surface area contributed by atoms with Crippen LogP contribution in [0.15, 0.2) is 12.2 Å². The molecule has 0 unspecified atom stereocenters. The van der Waals surface area contributed by atoms with E-state index in [9.17, 15) is 20.0 Å². The van der Waals surface area contributed by atoms with Gasteiger partial charge in [-0.15, -0.1) is 11.3 Å². The molecule has 0 aromatic carbocycles. The van der Waals surface area contributed by atoms with Gasteiger partial charge in [0.1, 0.15) is 11.1 Å². The van der Waals surface area contributed by atoms with E-state index >= 15 is 0 Å². The summed E-state index contributed by atoms with van der Waals surface area (Å²) >= 11 is 1.42. The molecule has 0 radical (unpaired) electrons. The van der Waals surface area contributed by atoms with Crippen LogP contribution in [-0.4, -0.2) is 11.9 Å². The second-order valence-electron chi connectivity index (χ2n) is 4.98. The first-order valence-corrected chi connectivity index (χ1v) is 7.61. The zero-order valence-electron chi connectivity index (χ0n) is 11.6. The van der Waals surface area contributed by atoms with Crippen molar-refractivity contribution in [2.75, 3.05) is 5.32 Å². The number of nitrogens with one attached hydrogen (secondary N) is 1. The zero-order valence-corrected chi connectivity index (χ0v) is 12.5. The number of aliphatic carboxylic acids is 1. The molecule has 21 heavy (non-hydrogen) atoms. The molecule has 110 valence electrons. The minimum atomic E-state index is -1.43. The van der Waals surface area contributed by atoms with Crippen molar-refractivity contribution in [2.45, 2.75) is 32.6 Å². The van der Waals surface area contributed by atoms with Gasteiger partial charge in [-0.25, -0.2) is 0 Å². The van der Waals surface area contributed by atoms with Crippen molar-refractivity contribution in [1.82, 2.24) is 0 Å². The van der Waals surface area contributed by atoms with Gasteiger partial charge in [-0.3, -0.25) is 4.79 Å². The SMILES string of the molecule is CC[C@H]1CCc2c(sc(NC(=O)/C=C/C(=O)[O-])c2C#N)C1. The highest BCUT2D eigenvalue weighted by atomic mass is 32.1. The van der Waals surface area contributed by atoms with Crippen molar-refractivity contribution < 1.29 is 14.7 Å². The minimum Gasteiger partial charge on any atom is -0.545 e. The molecule has 0 saturated carbocycles. The number of carboxylic acid groups (broad SMARTS) is 1. The van der Waals surface area contributed by atoms with Crippen LogP contribution in [-0.2, 0) is 22.4 Å². The molecular formula is C15H15N2O3S-. The number of carbonyl (C=O) groups excluding carboxylic acids is 2. The highest BCUT2D eigenvalue weighted by Gasteiger charge is 2.25. The fraction of sp³-hybridized carbons (Fsp3) is 0.400. The van der Waals surface area contributed by atoms with Crippen LogP contribution in [0.1, 0.15) is 35.8 Å². The normalized spacial score (nSPS) is 17.2. The number of nitrogens with zero attached hydrogens (tertiary/aromatic N) is 1. The molecule has 6 heteroatoms. The third-order valence-electron chi connectivity index (χ3n) is 3.66. The Labute approximate surface area is 126 Å². The Bertz CT molecular complexity index is 640. The van der Waals surface area contributed by atoms with Crippen LogP contribution in [0.3, 0.4) is 0 Å². The van der Waals surface area contributed by atoms with Crippen molar-refractivity contribution in [3.8, 4) is 6.07 Å². The number of amides is 1. The average Bonchev–Trinajstić information content (AvgIpc) is 2.80. The third kappa shape index (κ3) is 3.50. The molecule has 1 aromatic heterocycles. The number of nitriles is 1. The molecule has 1 atom stereocenters. The van der Waals surface area contributed by atoms with Gasteiger partial charge in [0.25, 0.3) is 0 Å². The van der Waals surface area contributed by atoms with E-state index < -0.39 is 11.9 Å². The van der Waals surface area contributed by atoms with E-state index in [1.807, 2.05) is 0 Å². The molecule has 0 aliphatic heterocycles. The van der Waals surface area contributed by atoms with E-state index in [2.05, 4.69) is 18.3 Å². The summed E-state index contributed by atoms with van der Waals surface area (Å²) in [6.45, 7) is 2.15. The van der Waals surface area contributed by atoms with Crippen LogP contribution in [0.5, 0.6) is 0 Å². The number of carboxylic acids is 1. The average molecular weight is 303 g/mol. The number of carbonyl (C=O) groups is 2. The molecule has 1 heterocycles. The summed E-state index contributed by atoms with van der Waals surface area (Å²) < 4.78 is 0. The summed E-state index contributed by atoms with van der Waals surface area (Å²) in [5.41, 5.74) is 1.55. The number of hydrogen-bond donors (Lipinski definition) is 1. The van der Waals surface area contributed by atoms with E-state index in [0.29, 0.717) is 22.6 Å². The molecule has 0 spiro atoms. The molecule has 5 nitrogen and oxygen atoms in total. The molecular weight excluding hydrogens is 288 g/mol. The Morgan fingerprint density at radius 3 is 2.90 bits per heavy atom. The first-order valence-electron chi connectivity index (χ1n) is 6.79. The highest BCUT2D eigenvalue weighted by Crippen LogP contribution is 2.39. The first-order chi connectivity index (χ1) is 10.0. The molecule has 2 rings (SSSR count). The van der Waals surface area contributed by atoms with Gasteiger partial charge in [0.2, 0.25) is 5.91 Å². The Kier molecular flexibility index (Phi) is 4.76. The maximum Gasteiger partial charge on any atom is 0.249 e. The minimum absolute atomic E-state index is 0.507. The lowest BCUT2D eigenvalue weighted by Crippen LogP contribution is -2.20. The van der Waals surface area contributed by atoms with Gasteiger partial charge < -0.3 is 15.2 Å². The molecule has 1 N–H and O–H groups in total. The van der Waals surface area contributed by atoms with Gasteiger partial charge in [-0.1, -0.05) is 13.3 Å². The summed E-state index contributed by atoms with van der Waals surface area (Å²) in [5, 5.41) is 22.7. The number of fused-ring (bicyclic) bond motifs is 1. The predicted octanol–water partition coefficient (Wildman–Crippen LogP) is 1.38. The first kappa shape index (κ1) is 15.3. The van der Waals surface area contributed by atoms with E-state index in [1.54, 1.807) is 0 Å². The van der Waals surface area contributed by atoms with Gasteiger partial charge >= 0.3 is 0 Å². The van der Waals surface area contributed by atoms with Crippen LogP contribution in [0.2, 0.25) is 0 Å². The summed E-state index contributed by atoms with van der Waals surface area (Å²) in [5.74, 6) is -1.37. The van der Waals surface area contributed by atoms with Crippen LogP contribution < -0.4 is 10.4 Å². The van der Waals surface area contributed by atoms with Crippen LogP contribution >= 0.6 is 11.3 Å². The number of hydrogen-bond acceptors (Lipinski definition) is 5. The van der Waals surface area contributed by atoms with Gasteiger partial charge in [0, 0.05) is 11.0 Å². The standard InChI is InChI=1S/C15H16N2O3S/c1-2-9-3-4-10-11(8-16)15(21-12(10)7-9)17-13(18)5-6-14(19)20/h5-6,9H,2-4,7H2,1H3,(H,17,18)(H,19,20)/p-1/b6-5+/t9-/m0/s1. The van der Waals surface area contributed by atoms with Crippen molar-refractivity contribution in [2.24, 2.45) is 5.92 Å². The molecule has 0 bridgehead atoms. The van der Waals surface area contributed by atoms with Gasteiger partial charge in [-0.05, 0) is 36.8 Å². The van der Waals surface area contributed by atoms with Crippen LogP contribution in [0, 0.1) is 17.2 Å². The zero-order chi connectivity index (χ0) is 15.4. The number of rotatable bonds is 4. The molecule has 1 aliphatic rings. The lowest BCUT2D eigenvalue weighted by atomic mass is 9.86. The summed E-state index contributed by atoms with van der Waals surface area (Å²) in [4.78, 5) is 23.1. The maximum atomic E-state index is 11.6. The van der Waals surface area contributed by atoms with E-state index in [4.69, 9.17) is 0 Å². The molecule has 1 aromatic rings. The van der Waals surface area contributed by atoms with Gasteiger partial charge in [0.15, 0.2) is 0 Å². The van der Waals surface area contributed by atoms with Gasteiger partial charge in [-0.2, -0.15) is 5.26 Å². The summed E-state index contributed by atoms with van der Waals surface area (Å²) in [6, 6.07) is 2.15. The lowest BCUT2D eigenvalue weighted by molar-refractivity contribution is -0.297. The quantitative estimate of drug-likeness (QED) is 0.850. The number of anilines is 1. The second-order valence-corrected chi connectivity index (χ2v) is 6.08. The van der Waals surface area contributed by atoms with Crippen molar-refractivity contribution >= 4 is 28.2 Å². The molecule has 1 amide bonds. The van der Waals surface area contributed by atoms with Crippen molar-refractivity contribution in [3.63, 3.8) is 0 Å². The monoisotopic (exact) mass is 303 g/mol. The summed E-state index contributed by atoms with van der Waals surface area (Å²) in [6.07, 6.45) is 5.53. The third-order valence-corrected chi connectivity index (χ3v) is 4.83.